The second kappa shape index (κ2) is 6.16. The summed E-state index contributed by atoms with van der Waals surface area (Å²) in [4.78, 5) is 0. The average Bonchev–Trinajstić information content (AvgIpc) is 2.88. The lowest BCUT2D eigenvalue weighted by molar-refractivity contribution is 0.414. The molecule has 1 heterocycles. The van der Waals surface area contributed by atoms with Gasteiger partial charge < -0.3 is 10.1 Å². The number of aryl methyl sites for hydroxylation is 1. The van der Waals surface area contributed by atoms with Crippen molar-refractivity contribution in [3.8, 4) is 11.4 Å². The molecule has 0 unspecified atom stereocenters. The predicted octanol–water partition coefficient (Wildman–Crippen LogP) is 1.43. The molecule has 2 rings (SSSR count). The number of nitrogens with zero attached hydrogens (tertiary/aromatic N) is 3. The van der Waals surface area contributed by atoms with Gasteiger partial charge in [0.1, 0.15) is 5.75 Å². The standard InChI is InChI=1S/C13H18N4O/c1-14-8-4-5-11-10-17(16-15-11)12-6-3-7-13(9-12)18-2/h3,6-7,9-10,14H,4-5,8H2,1-2H3. The van der Waals surface area contributed by atoms with Crippen molar-refractivity contribution >= 4 is 0 Å². The summed E-state index contributed by atoms with van der Waals surface area (Å²) in [6.45, 7) is 0.992. The van der Waals surface area contributed by atoms with Crippen molar-refractivity contribution < 1.29 is 4.74 Å². The van der Waals surface area contributed by atoms with Gasteiger partial charge in [0.15, 0.2) is 0 Å². The molecule has 5 heteroatoms. The molecule has 0 bridgehead atoms. The number of ether oxygens (including phenoxy) is 1. The molecule has 0 amide bonds. The number of methoxy groups -OCH3 is 1. The van der Waals surface area contributed by atoms with Crippen LogP contribution in [0.4, 0.5) is 0 Å². The Hall–Kier alpha value is -1.88. The molecule has 0 radical (unpaired) electrons. The van der Waals surface area contributed by atoms with Crippen LogP contribution in [0.25, 0.3) is 5.69 Å². The fourth-order valence-corrected chi connectivity index (χ4v) is 1.74. The molecule has 1 aromatic carbocycles. The third-order valence-electron chi connectivity index (χ3n) is 2.72. The Labute approximate surface area is 107 Å². The summed E-state index contributed by atoms with van der Waals surface area (Å²) in [5, 5.41) is 11.4. The molecule has 0 spiro atoms. The van der Waals surface area contributed by atoms with Gasteiger partial charge in [-0.15, -0.1) is 5.10 Å². The summed E-state index contributed by atoms with van der Waals surface area (Å²) in [5.74, 6) is 0.819. The van der Waals surface area contributed by atoms with E-state index in [1.165, 1.54) is 0 Å². The number of benzene rings is 1. The maximum Gasteiger partial charge on any atom is 0.121 e. The van der Waals surface area contributed by atoms with Crippen molar-refractivity contribution in [2.75, 3.05) is 20.7 Å². The zero-order valence-corrected chi connectivity index (χ0v) is 10.8. The molecular formula is C13H18N4O. The Bertz CT molecular complexity index is 495. The van der Waals surface area contributed by atoms with Crippen LogP contribution in [-0.2, 0) is 6.42 Å². The fourth-order valence-electron chi connectivity index (χ4n) is 1.74. The predicted molar refractivity (Wildman–Crippen MR) is 70.2 cm³/mol. The zero-order valence-electron chi connectivity index (χ0n) is 10.8. The molecule has 0 saturated carbocycles. The molecule has 1 N–H and O–H groups in total. The van der Waals surface area contributed by atoms with E-state index in [2.05, 4.69) is 15.6 Å². The molecule has 96 valence electrons. The van der Waals surface area contributed by atoms with Crippen LogP contribution in [0.3, 0.4) is 0 Å². The van der Waals surface area contributed by atoms with Crippen molar-refractivity contribution in [2.45, 2.75) is 12.8 Å². The van der Waals surface area contributed by atoms with Gasteiger partial charge in [-0.1, -0.05) is 11.3 Å². The van der Waals surface area contributed by atoms with Gasteiger partial charge in [-0.3, -0.25) is 0 Å². The smallest absolute Gasteiger partial charge is 0.121 e. The summed E-state index contributed by atoms with van der Waals surface area (Å²) in [6.07, 6.45) is 3.96. The molecule has 1 aromatic heterocycles. The van der Waals surface area contributed by atoms with Crippen molar-refractivity contribution in [3.05, 3.63) is 36.2 Å². The first-order valence-electron chi connectivity index (χ1n) is 6.03. The lowest BCUT2D eigenvalue weighted by atomic mass is 10.2. The van der Waals surface area contributed by atoms with Crippen LogP contribution in [0.1, 0.15) is 12.1 Å². The molecule has 0 aliphatic carbocycles. The highest BCUT2D eigenvalue weighted by Crippen LogP contribution is 2.15. The van der Waals surface area contributed by atoms with Gasteiger partial charge in [-0.05, 0) is 38.6 Å². The minimum absolute atomic E-state index is 0.819. The van der Waals surface area contributed by atoms with Crippen LogP contribution in [0.15, 0.2) is 30.5 Å². The van der Waals surface area contributed by atoms with E-state index in [0.29, 0.717) is 0 Å². The first kappa shape index (κ1) is 12.6. The van der Waals surface area contributed by atoms with Gasteiger partial charge in [-0.25, -0.2) is 4.68 Å². The number of aromatic nitrogens is 3. The summed E-state index contributed by atoms with van der Waals surface area (Å²) in [7, 11) is 3.61. The van der Waals surface area contributed by atoms with E-state index in [0.717, 1.165) is 36.5 Å². The monoisotopic (exact) mass is 246 g/mol. The molecule has 0 aliphatic heterocycles. The van der Waals surface area contributed by atoms with Gasteiger partial charge >= 0.3 is 0 Å². The third-order valence-corrected chi connectivity index (χ3v) is 2.72. The highest BCUT2D eigenvalue weighted by atomic mass is 16.5. The van der Waals surface area contributed by atoms with E-state index >= 15 is 0 Å². The first-order valence-corrected chi connectivity index (χ1v) is 6.03. The van der Waals surface area contributed by atoms with Crippen LogP contribution in [-0.4, -0.2) is 35.7 Å². The lowest BCUT2D eigenvalue weighted by Crippen LogP contribution is -2.08. The Morgan fingerprint density at radius 3 is 3.06 bits per heavy atom. The number of rotatable bonds is 6. The van der Waals surface area contributed by atoms with Crippen molar-refractivity contribution in [3.63, 3.8) is 0 Å². The topological polar surface area (TPSA) is 52.0 Å². The van der Waals surface area contributed by atoms with Gasteiger partial charge in [0.05, 0.1) is 24.7 Å². The SMILES string of the molecule is CNCCCc1cn(-c2cccc(OC)c2)nn1. The highest BCUT2D eigenvalue weighted by molar-refractivity contribution is 5.38. The van der Waals surface area contributed by atoms with Crippen molar-refractivity contribution in [2.24, 2.45) is 0 Å². The molecule has 2 aromatic rings. The summed E-state index contributed by atoms with van der Waals surface area (Å²) >= 11 is 0. The molecule has 0 fully saturated rings. The van der Waals surface area contributed by atoms with E-state index in [1.807, 2.05) is 37.5 Å². The van der Waals surface area contributed by atoms with Crippen LogP contribution in [0.2, 0.25) is 0 Å². The minimum atomic E-state index is 0.819. The van der Waals surface area contributed by atoms with E-state index in [4.69, 9.17) is 4.74 Å². The maximum absolute atomic E-state index is 5.19. The van der Waals surface area contributed by atoms with E-state index in [-0.39, 0.29) is 0 Å². The average molecular weight is 246 g/mol. The fraction of sp³-hybridized carbons (Fsp3) is 0.385. The van der Waals surface area contributed by atoms with Crippen molar-refractivity contribution in [1.82, 2.24) is 20.3 Å². The second-order valence-electron chi connectivity index (χ2n) is 4.06. The van der Waals surface area contributed by atoms with E-state index in [1.54, 1.807) is 11.8 Å². The summed E-state index contributed by atoms with van der Waals surface area (Å²) in [6, 6.07) is 7.77. The Kier molecular flexibility index (Phi) is 4.30. The Morgan fingerprint density at radius 2 is 2.28 bits per heavy atom. The number of hydrogen-bond donors (Lipinski definition) is 1. The normalized spacial score (nSPS) is 10.6. The van der Waals surface area contributed by atoms with Gasteiger partial charge in [0.25, 0.3) is 0 Å². The van der Waals surface area contributed by atoms with Gasteiger partial charge in [0.2, 0.25) is 0 Å². The van der Waals surface area contributed by atoms with E-state index < -0.39 is 0 Å². The van der Waals surface area contributed by atoms with Gasteiger partial charge in [0, 0.05) is 6.07 Å². The number of nitrogens with one attached hydrogen (secondary N) is 1. The van der Waals surface area contributed by atoms with Crippen molar-refractivity contribution in [1.29, 1.82) is 0 Å². The zero-order chi connectivity index (χ0) is 12.8. The van der Waals surface area contributed by atoms with Crippen LogP contribution in [0.5, 0.6) is 5.75 Å². The van der Waals surface area contributed by atoms with Crippen LogP contribution < -0.4 is 10.1 Å². The quantitative estimate of drug-likeness (QED) is 0.783. The van der Waals surface area contributed by atoms with E-state index in [9.17, 15) is 0 Å². The Morgan fingerprint density at radius 1 is 1.39 bits per heavy atom. The molecule has 0 atom stereocenters. The molecular weight excluding hydrogens is 228 g/mol. The summed E-state index contributed by atoms with van der Waals surface area (Å²) < 4.78 is 6.97. The maximum atomic E-state index is 5.19. The third kappa shape index (κ3) is 3.07. The summed E-state index contributed by atoms with van der Waals surface area (Å²) in [5.41, 5.74) is 1.97. The van der Waals surface area contributed by atoms with Gasteiger partial charge in [-0.2, -0.15) is 0 Å². The molecule has 5 nitrogen and oxygen atoms in total. The van der Waals surface area contributed by atoms with Crippen LogP contribution >= 0.6 is 0 Å². The number of hydrogen-bond acceptors (Lipinski definition) is 4. The highest BCUT2D eigenvalue weighted by Gasteiger charge is 2.03. The molecule has 18 heavy (non-hydrogen) atoms. The second-order valence-corrected chi connectivity index (χ2v) is 4.06. The lowest BCUT2D eigenvalue weighted by Gasteiger charge is -2.03. The minimum Gasteiger partial charge on any atom is -0.497 e. The molecule has 0 saturated heterocycles. The first-order chi connectivity index (χ1) is 8.83. The van der Waals surface area contributed by atoms with Crippen LogP contribution in [0, 0.1) is 0 Å². The largest absolute Gasteiger partial charge is 0.497 e. The Balaban J connectivity index is 2.08. The molecule has 0 aliphatic rings.